The minimum Gasteiger partial charge on any atom is -0.343 e. The molecule has 2 aliphatic heterocycles. The fraction of sp³-hybridized carbons (Fsp3) is 0.565. The Bertz CT molecular complexity index is 861. The van der Waals surface area contributed by atoms with Crippen molar-refractivity contribution in [1.29, 1.82) is 0 Å². The third-order valence-corrected chi connectivity index (χ3v) is 6.75. The molecule has 0 aliphatic carbocycles. The number of amides is 4. The lowest BCUT2D eigenvalue weighted by Gasteiger charge is -2.34. The molecule has 9 heteroatoms. The van der Waals surface area contributed by atoms with E-state index in [9.17, 15) is 19.2 Å². The molecule has 3 rings (SSSR count). The van der Waals surface area contributed by atoms with E-state index in [2.05, 4.69) is 38.5 Å². The molecule has 32 heavy (non-hydrogen) atoms. The first-order chi connectivity index (χ1) is 15.2. The Hall–Kier alpha value is -2.17. The number of nitrogens with one attached hydrogen (secondary N) is 3. The second-order valence-electron chi connectivity index (χ2n) is 8.91. The average molecular weight is 554 g/mol. The van der Waals surface area contributed by atoms with Crippen molar-refractivity contribution in [1.82, 2.24) is 20.9 Å². The maximum absolute atomic E-state index is 13.5. The van der Waals surface area contributed by atoms with Gasteiger partial charge in [-0.15, -0.1) is 0 Å². The van der Waals surface area contributed by atoms with Crippen LogP contribution in [0.5, 0.6) is 0 Å². The van der Waals surface area contributed by atoms with Gasteiger partial charge in [-0.1, -0.05) is 52.9 Å². The van der Waals surface area contributed by atoms with E-state index in [0.29, 0.717) is 32.2 Å². The molecule has 3 N–H and O–H groups in total. The summed E-state index contributed by atoms with van der Waals surface area (Å²) in [6.45, 7) is 3.66. The van der Waals surface area contributed by atoms with Crippen LogP contribution in [0.2, 0.25) is 0 Å². The molecule has 0 radical (unpaired) electrons. The molecule has 0 unspecified atom stereocenters. The Morgan fingerprint density at radius 1 is 1.03 bits per heavy atom. The van der Waals surface area contributed by atoms with Crippen LogP contribution in [0.3, 0.4) is 0 Å². The van der Waals surface area contributed by atoms with Crippen LogP contribution in [0.4, 0.5) is 0 Å². The highest BCUT2D eigenvalue weighted by Gasteiger charge is 2.42. The summed E-state index contributed by atoms with van der Waals surface area (Å²) in [7, 11) is 0. The van der Waals surface area contributed by atoms with Gasteiger partial charge in [0.2, 0.25) is 23.6 Å². The Morgan fingerprint density at radius 2 is 1.75 bits per heavy atom. The second-order valence-corrected chi connectivity index (χ2v) is 9.99. The van der Waals surface area contributed by atoms with Crippen LogP contribution in [-0.2, 0) is 25.6 Å². The van der Waals surface area contributed by atoms with Gasteiger partial charge in [-0.05, 0) is 49.5 Å². The minimum atomic E-state index is -1.25. The van der Waals surface area contributed by atoms with Gasteiger partial charge in [0, 0.05) is 13.0 Å². The normalized spacial score (nSPS) is 26.3. The lowest BCUT2D eigenvalue weighted by Crippen LogP contribution is -2.64. The van der Waals surface area contributed by atoms with Crippen molar-refractivity contribution < 1.29 is 19.2 Å². The number of carbonyl (C=O) groups is 4. The molecule has 0 saturated carbocycles. The van der Waals surface area contributed by atoms with E-state index >= 15 is 0 Å². The van der Waals surface area contributed by atoms with Gasteiger partial charge in [-0.3, -0.25) is 19.2 Å². The lowest BCUT2D eigenvalue weighted by atomic mass is 9.98. The zero-order chi connectivity index (χ0) is 23.3. The molecular weight excluding hydrogens is 523 g/mol. The maximum atomic E-state index is 13.5. The predicted octanol–water partition coefficient (Wildman–Crippen LogP) is 1.31. The first kappa shape index (κ1) is 24.5. The van der Waals surface area contributed by atoms with Crippen molar-refractivity contribution in [2.75, 3.05) is 11.0 Å². The number of hydrogen-bond donors (Lipinski definition) is 3. The molecular formula is C23H31IN4O4. The summed E-state index contributed by atoms with van der Waals surface area (Å²) in [5, 5.41) is 8.47. The standard InChI is InChI=1S/C23H31IN4O4/c1-23(2)22(32)26-17(14-15-8-4-3-5-9-15)21(31)28-13-7-11-18(28)20(30)25-16(10-6-12-24)19(29)27-23/h3-5,8-9,16-18H,6-7,10-14H2,1-2H3,(H,25,30)(H,26,32)(H,27,29)/t16-,17-,18+/m0/s1. The lowest BCUT2D eigenvalue weighted by molar-refractivity contribution is -0.144. The largest absolute Gasteiger partial charge is 0.343 e. The SMILES string of the molecule is CC1(C)NC(=O)[C@H](CCCI)NC(=O)[C@H]2CCCN2C(=O)[C@H](Cc2ccccc2)NC1=O. The Kier molecular flexibility index (Phi) is 8.13. The molecule has 1 aromatic rings. The Balaban J connectivity index is 1.93. The number of nitrogens with zero attached hydrogens (tertiary/aromatic N) is 1. The number of fused-ring (bicyclic) bond motifs is 1. The zero-order valence-corrected chi connectivity index (χ0v) is 20.7. The summed E-state index contributed by atoms with van der Waals surface area (Å²) in [5.74, 6) is -1.41. The van der Waals surface area contributed by atoms with Gasteiger partial charge in [-0.2, -0.15) is 0 Å². The number of carbonyl (C=O) groups excluding carboxylic acids is 4. The van der Waals surface area contributed by atoms with Crippen LogP contribution in [-0.4, -0.2) is 63.2 Å². The predicted molar refractivity (Wildman–Crippen MR) is 129 cm³/mol. The summed E-state index contributed by atoms with van der Waals surface area (Å²) in [6, 6.07) is 7.22. The highest BCUT2D eigenvalue weighted by molar-refractivity contribution is 14.1. The van der Waals surface area contributed by atoms with Crippen LogP contribution in [0.25, 0.3) is 0 Å². The van der Waals surface area contributed by atoms with E-state index in [4.69, 9.17) is 0 Å². The van der Waals surface area contributed by atoms with Crippen LogP contribution >= 0.6 is 22.6 Å². The van der Waals surface area contributed by atoms with Crippen LogP contribution in [0.1, 0.15) is 45.1 Å². The Labute approximate surface area is 202 Å². The smallest absolute Gasteiger partial charge is 0.246 e. The first-order valence-corrected chi connectivity index (χ1v) is 12.6. The molecule has 0 spiro atoms. The summed E-state index contributed by atoms with van der Waals surface area (Å²) in [6.07, 6.45) is 2.76. The maximum Gasteiger partial charge on any atom is 0.246 e. The summed E-state index contributed by atoms with van der Waals surface area (Å²) in [4.78, 5) is 54.3. The molecule has 4 amide bonds. The Morgan fingerprint density at radius 3 is 2.44 bits per heavy atom. The van der Waals surface area contributed by atoms with E-state index in [1.54, 1.807) is 18.7 Å². The fourth-order valence-corrected chi connectivity index (χ4v) is 4.60. The van der Waals surface area contributed by atoms with Gasteiger partial charge in [-0.25, -0.2) is 0 Å². The number of halogens is 1. The molecule has 8 nitrogen and oxygen atoms in total. The highest BCUT2D eigenvalue weighted by atomic mass is 127. The van der Waals surface area contributed by atoms with E-state index in [-0.39, 0.29) is 17.7 Å². The third-order valence-electron chi connectivity index (χ3n) is 5.99. The number of benzene rings is 1. The highest BCUT2D eigenvalue weighted by Crippen LogP contribution is 2.21. The van der Waals surface area contributed by atoms with Gasteiger partial charge < -0.3 is 20.9 Å². The van der Waals surface area contributed by atoms with Crippen LogP contribution in [0.15, 0.2) is 30.3 Å². The van der Waals surface area contributed by atoms with Gasteiger partial charge >= 0.3 is 0 Å². The third kappa shape index (κ3) is 5.79. The van der Waals surface area contributed by atoms with Gasteiger partial charge in [0.25, 0.3) is 0 Å². The van der Waals surface area contributed by atoms with E-state index in [0.717, 1.165) is 16.4 Å². The van der Waals surface area contributed by atoms with E-state index < -0.39 is 29.6 Å². The minimum absolute atomic E-state index is 0.272. The molecule has 174 valence electrons. The van der Waals surface area contributed by atoms with E-state index in [1.165, 1.54) is 0 Å². The molecule has 0 bridgehead atoms. The number of hydrogen-bond acceptors (Lipinski definition) is 4. The van der Waals surface area contributed by atoms with Crippen molar-refractivity contribution >= 4 is 46.2 Å². The number of alkyl halides is 1. The molecule has 2 fully saturated rings. The molecule has 3 atom stereocenters. The summed E-state index contributed by atoms with van der Waals surface area (Å²) >= 11 is 2.23. The van der Waals surface area contributed by atoms with Gasteiger partial charge in [0.15, 0.2) is 0 Å². The van der Waals surface area contributed by atoms with Crippen LogP contribution in [0, 0.1) is 0 Å². The van der Waals surface area contributed by atoms with Crippen molar-refractivity contribution in [3.8, 4) is 0 Å². The van der Waals surface area contributed by atoms with E-state index in [1.807, 2.05) is 30.3 Å². The van der Waals surface area contributed by atoms with Crippen molar-refractivity contribution in [3.05, 3.63) is 35.9 Å². The zero-order valence-electron chi connectivity index (χ0n) is 18.5. The molecule has 2 aliphatic rings. The fourth-order valence-electron chi connectivity index (χ4n) is 4.16. The molecule has 2 saturated heterocycles. The molecule has 0 aromatic heterocycles. The summed E-state index contributed by atoms with van der Waals surface area (Å²) < 4.78 is 0.844. The van der Waals surface area contributed by atoms with Crippen molar-refractivity contribution in [2.24, 2.45) is 0 Å². The van der Waals surface area contributed by atoms with Crippen molar-refractivity contribution in [3.63, 3.8) is 0 Å². The summed E-state index contributed by atoms with van der Waals surface area (Å²) in [5.41, 5.74) is -0.345. The van der Waals surface area contributed by atoms with Crippen molar-refractivity contribution in [2.45, 2.75) is 69.6 Å². The van der Waals surface area contributed by atoms with Gasteiger partial charge in [0.1, 0.15) is 23.7 Å². The topological polar surface area (TPSA) is 108 Å². The van der Waals surface area contributed by atoms with Crippen LogP contribution < -0.4 is 16.0 Å². The number of rotatable bonds is 5. The quantitative estimate of drug-likeness (QED) is 0.377. The average Bonchev–Trinajstić information content (AvgIpc) is 3.25. The molecule has 1 aromatic carbocycles. The monoisotopic (exact) mass is 554 g/mol. The second kappa shape index (κ2) is 10.6. The molecule has 2 heterocycles. The first-order valence-electron chi connectivity index (χ1n) is 11.1. The van der Waals surface area contributed by atoms with Gasteiger partial charge in [0.05, 0.1) is 0 Å².